The molecule has 0 atom stereocenters. The number of hydrogen-bond acceptors (Lipinski definition) is 7. The number of ether oxygens (including phenoxy) is 1. The minimum atomic E-state index is -0.820. The van der Waals surface area contributed by atoms with Crippen molar-refractivity contribution in [2.75, 3.05) is 10.6 Å². The average molecular weight is 671 g/mol. The molecular formula is C40H32ClFN4O3. The lowest BCUT2D eigenvalue weighted by atomic mass is 10.1. The second-order valence-corrected chi connectivity index (χ2v) is 12.2. The smallest absolute Gasteiger partial charge is 0.348 e. The lowest BCUT2D eigenvalue weighted by Gasteiger charge is -2.15. The number of nitrogens with one attached hydrogen (secondary N) is 2. The fourth-order valence-corrected chi connectivity index (χ4v) is 5.73. The van der Waals surface area contributed by atoms with Crippen LogP contribution in [0.4, 0.5) is 27.1 Å². The molecule has 244 valence electrons. The Bertz CT molecular complexity index is 2240. The molecule has 4 aromatic carbocycles. The summed E-state index contributed by atoms with van der Waals surface area (Å²) in [5.74, 6) is -1.99. The first-order chi connectivity index (χ1) is 23.5. The molecule has 2 N–H and O–H groups in total. The van der Waals surface area contributed by atoms with Crippen molar-refractivity contribution < 1.29 is 18.7 Å². The third kappa shape index (κ3) is 7.50. The fraction of sp³-hybridized carbons (Fsp3) is 0.100. The molecule has 0 aliphatic heterocycles. The summed E-state index contributed by atoms with van der Waals surface area (Å²) < 4.78 is 19.9. The van der Waals surface area contributed by atoms with Gasteiger partial charge >= 0.3 is 11.9 Å². The molecule has 2 aromatic heterocycles. The number of carbonyl (C=O) groups is 2. The van der Waals surface area contributed by atoms with Gasteiger partial charge in [-0.25, -0.2) is 14.0 Å². The van der Waals surface area contributed by atoms with Crippen molar-refractivity contribution in [3.8, 4) is 22.5 Å². The number of benzene rings is 4. The first-order valence-corrected chi connectivity index (χ1v) is 15.9. The Hall–Kier alpha value is -5.86. The van der Waals surface area contributed by atoms with E-state index < -0.39 is 11.9 Å². The molecule has 6 aromatic rings. The number of pyridine rings is 2. The summed E-state index contributed by atoms with van der Waals surface area (Å²) in [7, 11) is 0. The van der Waals surface area contributed by atoms with E-state index in [1.54, 1.807) is 54.9 Å². The number of esters is 2. The van der Waals surface area contributed by atoms with E-state index in [0.717, 1.165) is 33.5 Å². The Morgan fingerprint density at radius 3 is 1.73 bits per heavy atom. The predicted molar refractivity (Wildman–Crippen MR) is 192 cm³/mol. The van der Waals surface area contributed by atoms with Crippen LogP contribution in [0.15, 0.2) is 109 Å². The third-order valence-corrected chi connectivity index (χ3v) is 8.15. The van der Waals surface area contributed by atoms with Crippen LogP contribution in [-0.4, -0.2) is 21.9 Å². The van der Waals surface area contributed by atoms with Crippen molar-refractivity contribution in [1.82, 2.24) is 9.97 Å². The Morgan fingerprint density at radius 1 is 0.653 bits per heavy atom. The number of nitrogens with zero attached hydrogens (tertiary/aromatic N) is 2. The zero-order valence-electron chi connectivity index (χ0n) is 27.3. The molecule has 9 heteroatoms. The van der Waals surface area contributed by atoms with Gasteiger partial charge in [0, 0.05) is 16.1 Å². The minimum Gasteiger partial charge on any atom is -0.386 e. The van der Waals surface area contributed by atoms with E-state index in [9.17, 15) is 14.0 Å². The summed E-state index contributed by atoms with van der Waals surface area (Å²) in [5.41, 5.74) is 8.34. The van der Waals surface area contributed by atoms with Crippen molar-refractivity contribution in [2.24, 2.45) is 0 Å². The van der Waals surface area contributed by atoms with Gasteiger partial charge < -0.3 is 15.4 Å². The van der Waals surface area contributed by atoms with Crippen LogP contribution >= 0.6 is 11.6 Å². The number of rotatable bonds is 8. The zero-order chi connectivity index (χ0) is 34.7. The maximum Gasteiger partial charge on any atom is 0.348 e. The number of halogens is 2. The topological polar surface area (TPSA) is 93.2 Å². The highest BCUT2D eigenvalue weighted by Gasteiger charge is 2.22. The van der Waals surface area contributed by atoms with E-state index in [4.69, 9.17) is 16.3 Å². The number of aromatic nitrogens is 2. The molecule has 0 saturated carbocycles. The Morgan fingerprint density at radius 2 is 1.20 bits per heavy atom. The molecule has 0 unspecified atom stereocenters. The van der Waals surface area contributed by atoms with Gasteiger partial charge in [-0.15, -0.1) is 0 Å². The van der Waals surface area contributed by atoms with Crippen LogP contribution in [0.2, 0.25) is 5.02 Å². The van der Waals surface area contributed by atoms with E-state index in [1.165, 1.54) is 6.07 Å². The van der Waals surface area contributed by atoms with E-state index in [0.29, 0.717) is 39.0 Å². The number of carbonyl (C=O) groups excluding carboxylic acids is 2. The first kappa shape index (κ1) is 33.1. The molecule has 0 bridgehead atoms. The monoisotopic (exact) mass is 670 g/mol. The predicted octanol–water partition coefficient (Wildman–Crippen LogP) is 10.3. The minimum absolute atomic E-state index is 0.169. The summed E-state index contributed by atoms with van der Waals surface area (Å²) in [6.07, 6.45) is 3.24. The number of hydrogen-bond donors (Lipinski definition) is 2. The lowest BCUT2D eigenvalue weighted by Crippen LogP contribution is -2.16. The molecular weight excluding hydrogens is 639 g/mol. The number of aryl methyl sites for hydroxylation is 4. The first-order valence-electron chi connectivity index (χ1n) is 15.5. The second-order valence-electron chi connectivity index (χ2n) is 11.8. The number of anilines is 4. The van der Waals surface area contributed by atoms with Crippen molar-refractivity contribution in [2.45, 2.75) is 27.7 Å². The van der Waals surface area contributed by atoms with Gasteiger partial charge in [-0.1, -0.05) is 59.1 Å². The van der Waals surface area contributed by atoms with Crippen LogP contribution in [-0.2, 0) is 4.74 Å². The Kier molecular flexibility index (Phi) is 9.51. The maximum atomic E-state index is 14.4. The van der Waals surface area contributed by atoms with Crippen molar-refractivity contribution in [3.05, 3.63) is 154 Å². The van der Waals surface area contributed by atoms with Gasteiger partial charge in [0.15, 0.2) is 0 Å². The summed E-state index contributed by atoms with van der Waals surface area (Å²) in [4.78, 5) is 36.2. The maximum absolute atomic E-state index is 14.4. The molecule has 0 saturated heterocycles. The molecule has 0 fully saturated rings. The van der Waals surface area contributed by atoms with E-state index in [2.05, 4.69) is 20.6 Å². The average Bonchev–Trinajstić information content (AvgIpc) is 3.07. The second kappa shape index (κ2) is 14.1. The normalized spacial score (nSPS) is 10.8. The molecule has 0 aliphatic carbocycles. The molecule has 7 nitrogen and oxygen atoms in total. The zero-order valence-corrected chi connectivity index (χ0v) is 28.0. The Labute approximate surface area is 288 Å². The summed E-state index contributed by atoms with van der Waals surface area (Å²) in [6.45, 7) is 7.47. The van der Waals surface area contributed by atoms with Gasteiger partial charge in [0.2, 0.25) is 0 Å². The quantitative estimate of drug-likeness (QED) is 0.123. The standard InChI is InChI=1S/C40H32ClFN4O3/c1-23-12-14-35(45-29-18-25(3)37(43-21-29)27-8-7-9-28(41)20-27)32(16-23)39(47)49-40(48)33-17-24(2)13-15-36(33)46-30-19-26(4)38(44-22-30)31-10-5-6-11-34(31)42/h5-22,45-46H,1-4H3. The fourth-order valence-electron chi connectivity index (χ4n) is 5.54. The van der Waals surface area contributed by atoms with E-state index in [1.807, 2.05) is 76.2 Å². The van der Waals surface area contributed by atoms with Gasteiger partial charge in [0.1, 0.15) is 5.82 Å². The van der Waals surface area contributed by atoms with Crippen LogP contribution in [0.1, 0.15) is 43.0 Å². The molecule has 6 rings (SSSR count). The molecule has 0 amide bonds. The van der Waals surface area contributed by atoms with Crippen LogP contribution in [0.5, 0.6) is 0 Å². The van der Waals surface area contributed by atoms with Gasteiger partial charge in [-0.05, 0) is 99.5 Å². The van der Waals surface area contributed by atoms with Crippen molar-refractivity contribution in [1.29, 1.82) is 0 Å². The van der Waals surface area contributed by atoms with Gasteiger partial charge in [-0.3, -0.25) is 9.97 Å². The van der Waals surface area contributed by atoms with Crippen molar-refractivity contribution >= 4 is 46.3 Å². The summed E-state index contributed by atoms with van der Waals surface area (Å²) in [6, 6.07) is 28.2. The van der Waals surface area contributed by atoms with Crippen molar-refractivity contribution in [3.63, 3.8) is 0 Å². The SMILES string of the molecule is Cc1ccc(Nc2cnc(-c3cccc(Cl)c3)c(C)c2)c(C(=O)OC(=O)c2cc(C)ccc2Nc2cnc(-c3ccccc3F)c(C)c2)c1. The highest BCUT2D eigenvalue weighted by molar-refractivity contribution is 6.30. The molecule has 0 spiro atoms. The van der Waals surface area contributed by atoms with E-state index in [-0.39, 0.29) is 16.9 Å². The van der Waals surface area contributed by atoms with Crippen LogP contribution in [0, 0.1) is 33.5 Å². The highest BCUT2D eigenvalue weighted by atomic mass is 35.5. The van der Waals surface area contributed by atoms with E-state index >= 15 is 0 Å². The molecule has 0 radical (unpaired) electrons. The van der Waals surface area contributed by atoms with Gasteiger partial charge in [-0.2, -0.15) is 0 Å². The van der Waals surface area contributed by atoms with Crippen LogP contribution < -0.4 is 10.6 Å². The largest absolute Gasteiger partial charge is 0.386 e. The lowest BCUT2D eigenvalue weighted by molar-refractivity contribution is 0.0399. The molecule has 0 aliphatic rings. The molecule has 2 heterocycles. The van der Waals surface area contributed by atoms with Gasteiger partial charge in [0.05, 0.1) is 57.7 Å². The van der Waals surface area contributed by atoms with Crippen LogP contribution in [0.3, 0.4) is 0 Å². The molecule has 49 heavy (non-hydrogen) atoms. The van der Waals surface area contributed by atoms with Gasteiger partial charge in [0.25, 0.3) is 0 Å². The summed E-state index contributed by atoms with van der Waals surface area (Å²) in [5, 5.41) is 7.09. The Balaban J connectivity index is 1.22. The summed E-state index contributed by atoms with van der Waals surface area (Å²) >= 11 is 6.18. The third-order valence-electron chi connectivity index (χ3n) is 7.92. The highest BCUT2D eigenvalue weighted by Crippen LogP contribution is 2.31. The van der Waals surface area contributed by atoms with Crippen LogP contribution in [0.25, 0.3) is 22.5 Å².